The number of nitrogens with one attached hydrogen (secondary N) is 1. The molecule has 0 atom stereocenters. The van der Waals surface area contributed by atoms with Crippen LogP contribution >= 0.6 is 0 Å². The molecule has 2 aliphatic rings. The number of carbonyl (C=O) groups is 2. The zero-order chi connectivity index (χ0) is 17.3. The number of aryl methyl sites for hydroxylation is 1. The molecule has 24 heavy (non-hydrogen) atoms. The predicted octanol–water partition coefficient (Wildman–Crippen LogP) is 2.19. The number of nitrogens with zero attached hydrogens (tertiary/aromatic N) is 1. The monoisotopic (exact) mass is 334 g/mol. The number of halogens is 1. The molecular formula is C18H23FN2O3. The van der Waals surface area contributed by atoms with Crippen LogP contribution < -0.4 is 5.32 Å². The van der Waals surface area contributed by atoms with Crippen molar-refractivity contribution < 1.29 is 19.1 Å². The van der Waals surface area contributed by atoms with Gasteiger partial charge in [0, 0.05) is 18.6 Å². The third kappa shape index (κ3) is 4.12. The van der Waals surface area contributed by atoms with E-state index >= 15 is 0 Å². The maximum absolute atomic E-state index is 13.8. The minimum Gasteiger partial charge on any atom is -0.480 e. The van der Waals surface area contributed by atoms with Gasteiger partial charge in [-0.05, 0) is 50.7 Å². The van der Waals surface area contributed by atoms with Gasteiger partial charge in [-0.2, -0.15) is 0 Å². The van der Waals surface area contributed by atoms with Crippen molar-refractivity contribution in [3.63, 3.8) is 0 Å². The van der Waals surface area contributed by atoms with Crippen LogP contribution in [0.3, 0.4) is 0 Å². The number of carboxylic acids is 1. The zero-order valence-corrected chi connectivity index (χ0v) is 13.8. The van der Waals surface area contributed by atoms with Crippen LogP contribution in [0.1, 0.15) is 41.6 Å². The largest absolute Gasteiger partial charge is 0.480 e. The topological polar surface area (TPSA) is 69.6 Å². The van der Waals surface area contributed by atoms with Gasteiger partial charge in [0.25, 0.3) is 5.91 Å². The second kappa shape index (κ2) is 6.89. The lowest BCUT2D eigenvalue weighted by atomic mass is 9.85. The van der Waals surface area contributed by atoms with Crippen LogP contribution in [-0.4, -0.2) is 47.1 Å². The second-order valence-electron chi connectivity index (χ2n) is 7.05. The van der Waals surface area contributed by atoms with Crippen LogP contribution in [0.4, 0.5) is 4.39 Å². The molecule has 0 radical (unpaired) electrons. The van der Waals surface area contributed by atoms with Crippen molar-refractivity contribution in [1.82, 2.24) is 10.2 Å². The Labute approximate surface area is 140 Å². The molecule has 0 aromatic heterocycles. The molecule has 6 heteroatoms. The molecule has 0 bridgehead atoms. The van der Waals surface area contributed by atoms with E-state index in [9.17, 15) is 14.0 Å². The molecule has 1 aromatic rings. The van der Waals surface area contributed by atoms with E-state index in [1.807, 2.05) is 11.8 Å². The molecular weight excluding hydrogens is 311 g/mol. The van der Waals surface area contributed by atoms with E-state index in [-0.39, 0.29) is 24.2 Å². The Hall–Kier alpha value is -1.95. The number of hydrogen-bond donors (Lipinski definition) is 2. The number of carboxylic acid groups (broad SMARTS) is 1. The summed E-state index contributed by atoms with van der Waals surface area (Å²) in [7, 11) is 0. The molecule has 0 aliphatic heterocycles. The fourth-order valence-corrected chi connectivity index (χ4v) is 3.23. The fourth-order valence-electron chi connectivity index (χ4n) is 3.23. The van der Waals surface area contributed by atoms with Gasteiger partial charge in [0.1, 0.15) is 5.82 Å². The Morgan fingerprint density at radius 1 is 1.33 bits per heavy atom. The highest BCUT2D eigenvalue weighted by Crippen LogP contribution is 2.33. The number of rotatable bonds is 7. The van der Waals surface area contributed by atoms with Crippen LogP contribution in [0.5, 0.6) is 0 Å². The molecule has 1 amide bonds. The van der Waals surface area contributed by atoms with E-state index in [1.54, 1.807) is 12.1 Å². The molecule has 2 fully saturated rings. The van der Waals surface area contributed by atoms with Crippen molar-refractivity contribution in [1.29, 1.82) is 0 Å². The van der Waals surface area contributed by atoms with E-state index in [4.69, 9.17) is 5.11 Å². The first kappa shape index (κ1) is 16.9. The number of amides is 1. The van der Waals surface area contributed by atoms with Crippen molar-refractivity contribution >= 4 is 11.9 Å². The highest BCUT2D eigenvalue weighted by atomic mass is 19.1. The van der Waals surface area contributed by atoms with E-state index in [0.717, 1.165) is 24.9 Å². The smallest absolute Gasteiger partial charge is 0.317 e. The number of hydrogen-bond acceptors (Lipinski definition) is 3. The second-order valence-corrected chi connectivity index (χ2v) is 7.05. The average molecular weight is 334 g/mol. The van der Waals surface area contributed by atoms with Gasteiger partial charge >= 0.3 is 5.97 Å². The highest BCUT2D eigenvalue weighted by molar-refractivity contribution is 5.94. The van der Waals surface area contributed by atoms with E-state index in [2.05, 4.69) is 5.32 Å². The first-order valence-corrected chi connectivity index (χ1v) is 8.45. The Morgan fingerprint density at radius 3 is 2.67 bits per heavy atom. The van der Waals surface area contributed by atoms with Gasteiger partial charge in [0.15, 0.2) is 0 Å². The number of benzene rings is 1. The van der Waals surface area contributed by atoms with Gasteiger partial charge in [0.05, 0.1) is 12.1 Å². The van der Waals surface area contributed by atoms with Gasteiger partial charge in [-0.25, -0.2) is 4.39 Å². The summed E-state index contributed by atoms with van der Waals surface area (Å²) in [4.78, 5) is 25.2. The first-order valence-electron chi connectivity index (χ1n) is 8.45. The molecule has 0 spiro atoms. The van der Waals surface area contributed by atoms with Gasteiger partial charge in [-0.1, -0.05) is 11.6 Å². The van der Waals surface area contributed by atoms with E-state index in [0.29, 0.717) is 5.92 Å². The summed E-state index contributed by atoms with van der Waals surface area (Å²) in [6, 6.07) is 4.66. The molecule has 5 nitrogen and oxygen atoms in total. The van der Waals surface area contributed by atoms with Crippen molar-refractivity contribution in [2.45, 2.75) is 44.7 Å². The van der Waals surface area contributed by atoms with Crippen LogP contribution in [0, 0.1) is 18.7 Å². The van der Waals surface area contributed by atoms with Crippen LogP contribution in [0.15, 0.2) is 18.2 Å². The third-order valence-corrected chi connectivity index (χ3v) is 4.86. The molecule has 0 saturated heterocycles. The molecule has 0 unspecified atom stereocenters. The van der Waals surface area contributed by atoms with E-state index in [1.165, 1.54) is 18.9 Å². The van der Waals surface area contributed by atoms with Crippen LogP contribution in [0.2, 0.25) is 0 Å². The molecule has 1 aromatic carbocycles. The van der Waals surface area contributed by atoms with E-state index < -0.39 is 17.7 Å². The van der Waals surface area contributed by atoms with Crippen molar-refractivity contribution in [3.05, 3.63) is 35.1 Å². The summed E-state index contributed by atoms with van der Waals surface area (Å²) in [5, 5.41) is 11.9. The zero-order valence-electron chi connectivity index (χ0n) is 13.8. The Balaban J connectivity index is 1.52. The molecule has 0 heterocycles. The Morgan fingerprint density at radius 2 is 2.04 bits per heavy atom. The summed E-state index contributed by atoms with van der Waals surface area (Å²) in [5.41, 5.74) is 0.906. The first-order chi connectivity index (χ1) is 11.4. The predicted molar refractivity (Wildman–Crippen MR) is 87.3 cm³/mol. The SMILES string of the molecule is Cc1ccc(F)c(C(=O)NC2CC(N(CC(=O)O)CC3CC3)C2)c1. The number of carbonyl (C=O) groups excluding carboxylic acids is 1. The third-order valence-electron chi connectivity index (χ3n) is 4.86. The average Bonchev–Trinajstić information content (AvgIpc) is 3.27. The lowest BCUT2D eigenvalue weighted by molar-refractivity contribution is -0.139. The lowest BCUT2D eigenvalue weighted by Gasteiger charge is -2.42. The maximum atomic E-state index is 13.8. The maximum Gasteiger partial charge on any atom is 0.317 e. The lowest BCUT2D eigenvalue weighted by Crippen LogP contribution is -2.55. The van der Waals surface area contributed by atoms with Gasteiger partial charge in [0.2, 0.25) is 0 Å². The summed E-state index contributed by atoms with van der Waals surface area (Å²) < 4.78 is 13.8. The summed E-state index contributed by atoms with van der Waals surface area (Å²) in [6.07, 6.45) is 3.80. The summed E-state index contributed by atoms with van der Waals surface area (Å²) in [6.45, 7) is 2.69. The standard InChI is InChI=1S/C18H23FN2O3/c1-11-2-5-16(19)15(6-11)18(24)20-13-7-14(8-13)21(10-17(22)23)9-12-3-4-12/h2,5-6,12-14H,3-4,7-10H2,1H3,(H,20,24)(H,22,23). The van der Waals surface area contributed by atoms with Crippen LogP contribution in [-0.2, 0) is 4.79 Å². The molecule has 3 rings (SSSR count). The Bertz CT molecular complexity index is 639. The van der Waals surface area contributed by atoms with Crippen molar-refractivity contribution in [2.24, 2.45) is 5.92 Å². The minimum atomic E-state index is -0.815. The molecule has 2 aliphatic carbocycles. The van der Waals surface area contributed by atoms with Crippen molar-refractivity contribution in [2.75, 3.05) is 13.1 Å². The van der Waals surface area contributed by atoms with Gasteiger partial charge < -0.3 is 10.4 Å². The normalized spacial score (nSPS) is 23.0. The summed E-state index contributed by atoms with van der Waals surface area (Å²) in [5.74, 6) is -1.11. The highest BCUT2D eigenvalue weighted by Gasteiger charge is 2.37. The molecule has 2 N–H and O–H groups in total. The summed E-state index contributed by atoms with van der Waals surface area (Å²) >= 11 is 0. The number of aliphatic carboxylic acids is 1. The quantitative estimate of drug-likeness (QED) is 0.802. The van der Waals surface area contributed by atoms with Gasteiger partial charge in [-0.15, -0.1) is 0 Å². The van der Waals surface area contributed by atoms with Crippen molar-refractivity contribution in [3.8, 4) is 0 Å². The van der Waals surface area contributed by atoms with Crippen LogP contribution in [0.25, 0.3) is 0 Å². The molecule has 130 valence electrons. The fraction of sp³-hybridized carbons (Fsp3) is 0.556. The Kier molecular flexibility index (Phi) is 4.85. The molecule has 2 saturated carbocycles. The minimum absolute atomic E-state index is 0.0158. The van der Waals surface area contributed by atoms with Gasteiger partial charge in [-0.3, -0.25) is 14.5 Å².